The number of amides is 1. The summed E-state index contributed by atoms with van der Waals surface area (Å²) in [5.74, 6) is 1.66. The Morgan fingerprint density at radius 1 is 1.04 bits per heavy atom. The van der Waals surface area contributed by atoms with Gasteiger partial charge in [-0.15, -0.1) is 10.2 Å². The van der Waals surface area contributed by atoms with Gasteiger partial charge in [-0.05, 0) is 24.6 Å². The summed E-state index contributed by atoms with van der Waals surface area (Å²) in [7, 11) is 0. The number of para-hydroxylation sites is 2. The van der Waals surface area contributed by atoms with Crippen molar-refractivity contribution < 1.29 is 14.3 Å². The number of carbonyl (C=O) groups is 1. The Morgan fingerprint density at radius 3 is 2.48 bits per heavy atom. The quantitative estimate of drug-likeness (QED) is 0.427. The number of aromatic nitrogens is 2. The number of thioether (sulfide) groups is 1. The average molecular weight is 402 g/mol. The van der Waals surface area contributed by atoms with E-state index < -0.39 is 0 Å². The fourth-order valence-corrected chi connectivity index (χ4v) is 3.90. The first-order valence-corrected chi connectivity index (χ1v) is 10.2. The molecule has 0 bridgehead atoms. The van der Waals surface area contributed by atoms with E-state index >= 15 is 0 Å². The van der Waals surface area contributed by atoms with Crippen LogP contribution in [0, 0.1) is 0 Å². The molecular formula is C19H19N3O3S2. The third-order valence-corrected chi connectivity index (χ3v) is 5.41. The zero-order valence-corrected chi connectivity index (χ0v) is 16.4. The Morgan fingerprint density at radius 2 is 1.74 bits per heavy atom. The molecular weight excluding hydrogens is 382 g/mol. The smallest absolute Gasteiger partial charge is 0.264 e. The van der Waals surface area contributed by atoms with Gasteiger partial charge in [0.15, 0.2) is 22.4 Å². The maximum absolute atomic E-state index is 12.1. The number of benzene rings is 2. The molecule has 0 radical (unpaired) electrons. The van der Waals surface area contributed by atoms with Crippen LogP contribution in [0.1, 0.15) is 12.5 Å². The fourth-order valence-electron chi connectivity index (χ4n) is 2.18. The molecule has 27 heavy (non-hydrogen) atoms. The van der Waals surface area contributed by atoms with Crippen LogP contribution in [0.5, 0.6) is 11.5 Å². The van der Waals surface area contributed by atoms with Crippen LogP contribution in [0.15, 0.2) is 58.9 Å². The van der Waals surface area contributed by atoms with Gasteiger partial charge in [0.05, 0.1) is 6.61 Å². The Labute approximate surface area is 165 Å². The van der Waals surface area contributed by atoms with Gasteiger partial charge in [0, 0.05) is 5.75 Å². The summed E-state index contributed by atoms with van der Waals surface area (Å²) in [5.41, 5.74) is 1.21. The number of nitrogens with zero attached hydrogens (tertiary/aromatic N) is 2. The van der Waals surface area contributed by atoms with Crippen molar-refractivity contribution in [3.05, 3.63) is 60.2 Å². The predicted octanol–water partition coefficient (Wildman–Crippen LogP) is 4.25. The SMILES string of the molecule is CCOc1ccccc1OCC(=O)Nc1nnc(SCc2ccccc2)s1. The number of anilines is 1. The van der Waals surface area contributed by atoms with Crippen molar-refractivity contribution in [3.63, 3.8) is 0 Å². The van der Waals surface area contributed by atoms with E-state index in [9.17, 15) is 4.79 Å². The van der Waals surface area contributed by atoms with Crippen molar-refractivity contribution in [1.29, 1.82) is 0 Å². The first-order chi connectivity index (χ1) is 13.2. The van der Waals surface area contributed by atoms with Crippen molar-refractivity contribution in [1.82, 2.24) is 10.2 Å². The van der Waals surface area contributed by atoms with Gasteiger partial charge in [0.1, 0.15) is 0 Å². The van der Waals surface area contributed by atoms with E-state index in [2.05, 4.69) is 27.6 Å². The van der Waals surface area contributed by atoms with E-state index in [1.165, 1.54) is 16.9 Å². The molecule has 1 amide bonds. The van der Waals surface area contributed by atoms with E-state index in [0.29, 0.717) is 23.2 Å². The monoisotopic (exact) mass is 401 g/mol. The van der Waals surface area contributed by atoms with Gasteiger partial charge >= 0.3 is 0 Å². The molecule has 0 spiro atoms. The van der Waals surface area contributed by atoms with Crippen molar-refractivity contribution in [2.45, 2.75) is 17.0 Å². The van der Waals surface area contributed by atoms with Crippen molar-refractivity contribution in [3.8, 4) is 11.5 Å². The number of rotatable bonds is 9. The van der Waals surface area contributed by atoms with Gasteiger partial charge < -0.3 is 9.47 Å². The standard InChI is InChI=1S/C19H19N3O3S2/c1-2-24-15-10-6-7-11-16(15)25-12-17(23)20-18-21-22-19(27-18)26-13-14-8-4-3-5-9-14/h3-11H,2,12-13H2,1H3,(H,20,21,23). The van der Waals surface area contributed by atoms with Crippen molar-refractivity contribution >= 4 is 34.1 Å². The summed E-state index contributed by atoms with van der Waals surface area (Å²) in [6, 6.07) is 17.4. The van der Waals surface area contributed by atoms with E-state index in [0.717, 1.165) is 10.1 Å². The van der Waals surface area contributed by atoms with Crippen LogP contribution in [0.2, 0.25) is 0 Å². The topological polar surface area (TPSA) is 73.3 Å². The summed E-state index contributed by atoms with van der Waals surface area (Å²) in [5, 5.41) is 11.3. The number of hydrogen-bond acceptors (Lipinski definition) is 7. The Kier molecular flexibility index (Phi) is 7.06. The number of hydrogen-bond donors (Lipinski definition) is 1. The lowest BCUT2D eigenvalue weighted by molar-refractivity contribution is -0.118. The molecule has 1 N–H and O–H groups in total. The average Bonchev–Trinajstić information content (AvgIpc) is 3.14. The molecule has 0 aliphatic carbocycles. The van der Waals surface area contributed by atoms with Crippen LogP contribution in [0.25, 0.3) is 0 Å². The second kappa shape index (κ2) is 9.94. The van der Waals surface area contributed by atoms with E-state index in [-0.39, 0.29) is 12.5 Å². The molecule has 0 aliphatic heterocycles. The van der Waals surface area contributed by atoms with Gasteiger partial charge in [0.2, 0.25) is 5.13 Å². The predicted molar refractivity (Wildman–Crippen MR) is 108 cm³/mol. The molecule has 6 nitrogen and oxygen atoms in total. The minimum Gasteiger partial charge on any atom is -0.490 e. The summed E-state index contributed by atoms with van der Waals surface area (Å²) in [6.45, 7) is 2.29. The van der Waals surface area contributed by atoms with Crippen LogP contribution in [-0.2, 0) is 10.5 Å². The van der Waals surface area contributed by atoms with Gasteiger partial charge in [0.25, 0.3) is 5.91 Å². The highest BCUT2D eigenvalue weighted by Gasteiger charge is 2.11. The van der Waals surface area contributed by atoms with E-state index in [1.54, 1.807) is 23.9 Å². The second-order valence-electron chi connectivity index (χ2n) is 5.36. The highest BCUT2D eigenvalue weighted by atomic mass is 32.2. The van der Waals surface area contributed by atoms with Crippen LogP contribution in [-0.4, -0.2) is 29.3 Å². The molecule has 0 atom stereocenters. The lowest BCUT2D eigenvalue weighted by Crippen LogP contribution is -2.20. The molecule has 3 aromatic rings. The van der Waals surface area contributed by atoms with Gasteiger partial charge in [-0.3, -0.25) is 10.1 Å². The van der Waals surface area contributed by atoms with Gasteiger partial charge in [-0.1, -0.05) is 65.6 Å². The van der Waals surface area contributed by atoms with Crippen LogP contribution in [0.3, 0.4) is 0 Å². The molecule has 0 fully saturated rings. The molecule has 2 aromatic carbocycles. The third-order valence-electron chi connectivity index (χ3n) is 3.37. The highest BCUT2D eigenvalue weighted by molar-refractivity contribution is 8.00. The molecule has 3 rings (SSSR count). The Hall–Kier alpha value is -2.58. The Balaban J connectivity index is 1.48. The normalized spacial score (nSPS) is 10.4. The molecule has 1 aromatic heterocycles. The Bertz CT molecular complexity index is 871. The van der Waals surface area contributed by atoms with Crippen LogP contribution >= 0.6 is 23.1 Å². The fraction of sp³-hybridized carbons (Fsp3) is 0.211. The molecule has 0 saturated heterocycles. The lowest BCUT2D eigenvalue weighted by atomic mass is 10.2. The van der Waals surface area contributed by atoms with Gasteiger partial charge in [-0.2, -0.15) is 0 Å². The molecule has 140 valence electrons. The van der Waals surface area contributed by atoms with Crippen molar-refractivity contribution in [2.24, 2.45) is 0 Å². The first-order valence-electron chi connectivity index (χ1n) is 8.39. The number of carbonyl (C=O) groups excluding carboxylic acids is 1. The summed E-state index contributed by atoms with van der Waals surface area (Å²) >= 11 is 2.93. The highest BCUT2D eigenvalue weighted by Crippen LogP contribution is 2.29. The van der Waals surface area contributed by atoms with Crippen molar-refractivity contribution in [2.75, 3.05) is 18.5 Å². The minimum absolute atomic E-state index is 0.129. The molecule has 0 unspecified atom stereocenters. The minimum atomic E-state index is -0.294. The lowest BCUT2D eigenvalue weighted by Gasteiger charge is -2.10. The van der Waals surface area contributed by atoms with E-state index in [1.807, 2.05) is 37.3 Å². The summed E-state index contributed by atoms with van der Waals surface area (Å²) in [4.78, 5) is 12.1. The largest absolute Gasteiger partial charge is 0.490 e. The van der Waals surface area contributed by atoms with Crippen LogP contribution < -0.4 is 14.8 Å². The van der Waals surface area contributed by atoms with Crippen LogP contribution in [0.4, 0.5) is 5.13 Å². The maximum Gasteiger partial charge on any atom is 0.264 e. The second-order valence-corrected chi connectivity index (χ2v) is 7.56. The molecule has 8 heteroatoms. The first kappa shape index (κ1) is 19.2. The van der Waals surface area contributed by atoms with E-state index in [4.69, 9.17) is 9.47 Å². The summed E-state index contributed by atoms with van der Waals surface area (Å²) in [6.07, 6.45) is 0. The number of ether oxygens (including phenoxy) is 2. The molecule has 1 heterocycles. The number of nitrogens with one attached hydrogen (secondary N) is 1. The van der Waals surface area contributed by atoms with Gasteiger partial charge in [-0.25, -0.2) is 0 Å². The maximum atomic E-state index is 12.1. The zero-order chi connectivity index (χ0) is 18.9. The zero-order valence-electron chi connectivity index (χ0n) is 14.8. The molecule has 0 saturated carbocycles. The third kappa shape index (κ3) is 5.97. The summed E-state index contributed by atoms with van der Waals surface area (Å²) < 4.78 is 11.8. The molecule has 0 aliphatic rings.